The number of nitrogens with zero attached hydrogens (tertiary/aromatic N) is 2. The van der Waals surface area contributed by atoms with E-state index in [4.69, 9.17) is 22.3 Å². The predicted octanol–water partition coefficient (Wildman–Crippen LogP) is 3.41. The highest BCUT2D eigenvalue weighted by molar-refractivity contribution is 8.13. The molecular formula is C11H7Cl2F3N2O3S. The molecule has 0 unspecified atom stereocenters. The highest BCUT2D eigenvalue weighted by Gasteiger charge is 2.23. The van der Waals surface area contributed by atoms with Gasteiger partial charge in [0.15, 0.2) is 0 Å². The average molecular weight is 375 g/mol. The Hall–Kier alpha value is -1.45. The third-order valence-corrected chi connectivity index (χ3v) is 4.31. The van der Waals surface area contributed by atoms with Crippen LogP contribution in [0.25, 0.3) is 11.3 Å². The standard InChI is InChI=1S/C11H7Cl2F3N2O3S/c1-18-10(21-11(15)16)8(12)9(17-18)6-3-2-5(4-7(6)14)22(13,19)20/h2-4,11H,1H3. The highest BCUT2D eigenvalue weighted by Crippen LogP contribution is 2.37. The van der Waals surface area contributed by atoms with Gasteiger partial charge in [-0.3, -0.25) is 0 Å². The summed E-state index contributed by atoms with van der Waals surface area (Å²) in [6.45, 7) is -3.13. The van der Waals surface area contributed by atoms with Gasteiger partial charge < -0.3 is 4.74 Å². The van der Waals surface area contributed by atoms with Crippen LogP contribution in [0.5, 0.6) is 5.88 Å². The first-order chi connectivity index (χ1) is 10.1. The summed E-state index contributed by atoms with van der Waals surface area (Å²) in [4.78, 5) is -0.452. The molecule has 2 aromatic rings. The number of rotatable bonds is 4. The molecule has 0 aliphatic heterocycles. The zero-order valence-corrected chi connectivity index (χ0v) is 13.1. The summed E-state index contributed by atoms with van der Waals surface area (Å²) in [7, 11) is 2.28. The molecule has 2 rings (SSSR count). The Kier molecular flexibility index (Phi) is 4.59. The molecule has 0 spiro atoms. The summed E-state index contributed by atoms with van der Waals surface area (Å²) >= 11 is 5.86. The van der Waals surface area contributed by atoms with Gasteiger partial charge in [0.05, 0.1) is 4.90 Å². The predicted molar refractivity (Wildman–Crippen MR) is 73.3 cm³/mol. The van der Waals surface area contributed by atoms with E-state index in [1.165, 1.54) is 7.05 Å². The van der Waals surface area contributed by atoms with E-state index in [0.29, 0.717) is 6.07 Å². The fourth-order valence-electron chi connectivity index (χ4n) is 1.71. The van der Waals surface area contributed by atoms with E-state index in [-0.39, 0.29) is 16.3 Å². The van der Waals surface area contributed by atoms with Gasteiger partial charge in [0, 0.05) is 23.3 Å². The molecule has 0 aliphatic rings. The molecule has 1 aromatic heterocycles. The molecular weight excluding hydrogens is 368 g/mol. The third-order valence-electron chi connectivity index (χ3n) is 2.62. The molecule has 1 heterocycles. The maximum Gasteiger partial charge on any atom is 0.388 e. The Morgan fingerprint density at radius 3 is 2.50 bits per heavy atom. The van der Waals surface area contributed by atoms with Crippen LogP contribution >= 0.6 is 22.3 Å². The van der Waals surface area contributed by atoms with Crippen LogP contribution in [0.1, 0.15) is 0 Å². The molecule has 0 saturated carbocycles. The van der Waals surface area contributed by atoms with Gasteiger partial charge in [-0.2, -0.15) is 13.9 Å². The van der Waals surface area contributed by atoms with Gasteiger partial charge in [-0.25, -0.2) is 17.5 Å². The molecule has 0 fully saturated rings. The van der Waals surface area contributed by atoms with Crippen molar-refractivity contribution in [1.29, 1.82) is 0 Å². The van der Waals surface area contributed by atoms with E-state index < -0.39 is 32.3 Å². The molecule has 0 radical (unpaired) electrons. The summed E-state index contributed by atoms with van der Waals surface area (Å²) in [6.07, 6.45) is 0. The molecule has 0 N–H and O–H groups in total. The van der Waals surface area contributed by atoms with Crippen molar-refractivity contribution in [2.45, 2.75) is 11.5 Å². The van der Waals surface area contributed by atoms with Crippen LogP contribution in [0.4, 0.5) is 13.2 Å². The second-order valence-electron chi connectivity index (χ2n) is 4.05. The fourth-order valence-corrected chi connectivity index (χ4v) is 2.78. The first-order valence-electron chi connectivity index (χ1n) is 5.53. The lowest BCUT2D eigenvalue weighted by molar-refractivity contribution is -0.0552. The Labute approximate surface area is 132 Å². The average Bonchev–Trinajstić information content (AvgIpc) is 2.65. The first-order valence-corrected chi connectivity index (χ1v) is 8.22. The van der Waals surface area contributed by atoms with Gasteiger partial charge in [-0.15, -0.1) is 0 Å². The summed E-state index contributed by atoms with van der Waals surface area (Å²) in [5.41, 5.74) is -0.357. The molecule has 120 valence electrons. The normalized spacial score (nSPS) is 12.0. The van der Waals surface area contributed by atoms with Gasteiger partial charge in [-0.05, 0) is 18.2 Å². The molecule has 22 heavy (non-hydrogen) atoms. The van der Waals surface area contributed by atoms with Crippen molar-refractivity contribution in [2.24, 2.45) is 7.05 Å². The zero-order chi connectivity index (χ0) is 16.7. The van der Waals surface area contributed by atoms with Gasteiger partial charge in [0.1, 0.15) is 16.5 Å². The SMILES string of the molecule is Cn1nc(-c2ccc(S(=O)(=O)Cl)cc2F)c(Cl)c1OC(F)F. The number of aromatic nitrogens is 2. The summed E-state index contributed by atoms with van der Waals surface area (Å²) < 4.78 is 65.9. The molecule has 0 saturated heterocycles. The van der Waals surface area contributed by atoms with E-state index in [1.807, 2.05) is 0 Å². The topological polar surface area (TPSA) is 61.2 Å². The van der Waals surface area contributed by atoms with Crippen molar-refractivity contribution in [3.63, 3.8) is 0 Å². The van der Waals surface area contributed by atoms with E-state index >= 15 is 0 Å². The van der Waals surface area contributed by atoms with Crippen LogP contribution in [0, 0.1) is 5.82 Å². The fraction of sp³-hybridized carbons (Fsp3) is 0.182. The van der Waals surface area contributed by atoms with Crippen LogP contribution < -0.4 is 4.74 Å². The first kappa shape index (κ1) is 16.9. The van der Waals surface area contributed by atoms with Crippen molar-refractivity contribution < 1.29 is 26.3 Å². The van der Waals surface area contributed by atoms with Gasteiger partial charge in [-0.1, -0.05) is 11.6 Å². The number of halogens is 5. The Bertz CT molecular complexity index is 824. The molecule has 1 aromatic carbocycles. The Balaban J connectivity index is 2.54. The summed E-state index contributed by atoms with van der Waals surface area (Å²) in [6, 6.07) is 2.79. The lowest BCUT2D eigenvalue weighted by Gasteiger charge is -2.04. The van der Waals surface area contributed by atoms with Crippen LogP contribution in [-0.2, 0) is 16.1 Å². The number of hydrogen-bond donors (Lipinski definition) is 0. The van der Waals surface area contributed by atoms with E-state index in [2.05, 4.69) is 9.84 Å². The lowest BCUT2D eigenvalue weighted by atomic mass is 10.1. The zero-order valence-electron chi connectivity index (χ0n) is 10.7. The van der Waals surface area contributed by atoms with Crippen molar-refractivity contribution in [3.05, 3.63) is 29.0 Å². The highest BCUT2D eigenvalue weighted by atomic mass is 35.7. The lowest BCUT2D eigenvalue weighted by Crippen LogP contribution is -2.06. The minimum Gasteiger partial charge on any atom is -0.416 e. The second kappa shape index (κ2) is 5.98. The van der Waals surface area contributed by atoms with Crippen LogP contribution in [0.2, 0.25) is 5.02 Å². The van der Waals surface area contributed by atoms with Gasteiger partial charge in [0.25, 0.3) is 9.05 Å². The van der Waals surface area contributed by atoms with Crippen molar-refractivity contribution in [1.82, 2.24) is 9.78 Å². The van der Waals surface area contributed by atoms with E-state index in [0.717, 1.165) is 16.8 Å². The monoisotopic (exact) mass is 374 g/mol. The minimum absolute atomic E-state index is 0.171. The molecule has 0 bridgehead atoms. The number of alkyl halides is 2. The number of benzene rings is 1. The number of ether oxygens (including phenoxy) is 1. The van der Waals surface area contributed by atoms with Crippen molar-refractivity contribution in [2.75, 3.05) is 0 Å². The van der Waals surface area contributed by atoms with Crippen LogP contribution in [-0.4, -0.2) is 24.8 Å². The smallest absolute Gasteiger partial charge is 0.388 e. The number of aryl methyl sites for hydroxylation is 1. The summed E-state index contributed by atoms with van der Waals surface area (Å²) in [5, 5.41) is 3.46. The second-order valence-corrected chi connectivity index (χ2v) is 6.99. The maximum atomic E-state index is 14.0. The van der Waals surface area contributed by atoms with Crippen LogP contribution in [0.3, 0.4) is 0 Å². The summed E-state index contributed by atoms with van der Waals surface area (Å²) in [5.74, 6) is -1.43. The minimum atomic E-state index is -4.10. The molecule has 5 nitrogen and oxygen atoms in total. The maximum absolute atomic E-state index is 14.0. The Morgan fingerprint density at radius 1 is 1.36 bits per heavy atom. The van der Waals surface area contributed by atoms with Crippen molar-refractivity contribution >= 4 is 31.3 Å². The van der Waals surface area contributed by atoms with Crippen LogP contribution in [0.15, 0.2) is 23.1 Å². The van der Waals surface area contributed by atoms with E-state index in [1.54, 1.807) is 0 Å². The third kappa shape index (κ3) is 3.31. The molecule has 0 amide bonds. The quantitative estimate of drug-likeness (QED) is 0.769. The Morgan fingerprint density at radius 2 is 2.00 bits per heavy atom. The largest absolute Gasteiger partial charge is 0.416 e. The van der Waals surface area contributed by atoms with Gasteiger partial charge >= 0.3 is 6.61 Å². The molecule has 0 atom stereocenters. The van der Waals surface area contributed by atoms with E-state index in [9.17, 15) is 21.6 Å². The molecule has 0 aliphatic carbocycles. The van der Waals surface area contributed by atoms with Gasteiger partial charge in [0.2, 0.25) is 5.88 Å². The molecule has 11 heteroatoms. The van der Waals surface area contributed by atoms with Crippen molar-refractivity contribution in [3.8, 4) is 17.1 Å². The number of hydrogen-bond acceptors (Lipinski definition) is 4.